The fourth-order valence-corrected chi connectivity index (χ4v) is 1.72. The van der Waals surface area contributed by atoms with Crippen molar-refractivity contribution < 1.29 is 13.2 Å². The first-order valence-electron chi connectivity index (χ1n) is 6.09. The van der Waals surface area contributed by atoms with Gasteiger partial charge in [-0.1, -0.05) is 18.9 Å². The fourth-order valence-electron chi connectivity index (χ4n) is 1.72. The minimum absolute atomic E-state index is 0.0291. The predicted octanol–water partition coefficient (Wildman–Crippen LogP) is 3.57. The fraction of sp³-hybridized carbons (Fsp3) is 0.385. The molecular weight excluding hydrogens is 252 g/mol. The number of benzene rings is 1. The molecule has 0 bridgehead atoms. The summed E-state index contributed by atoms with van der Waals surface area (Å²) in [5.41, 5.74) is 0.297. The molecule has 1 N–H and O–H groups in total. The van der Waals surface area contributed by atoms with Crippen LogP contribution in [-0.4, -0.2) is 16.7 Å². The van der Waals surface area contributed by atoms with Crippen LogP contribution in [0.5, 0.6) is 0 Å². The van der Waals surface area contributed by atoms with E-state index in [0.29, 0.717) is 12.1 Å². The zero-order valence-electron chi connectivity index (χ0n) is 11.0. The van der Waals surface area contributed by atoms with Gasteiger partial charge in [-0.2, -0.15) is 0 Å². The molecule has 0 fully saturated rings. The van der Waals surface area contributed by atoms with Crippen molar-refractivity contribution in [1.82, 2.24) is 10.2 Å². The quantitative estimate of drug-likeness (QED) is 0.920. The van der Waals surface area contributed by atoms with Gasteiger partial charge in [0.25, 0.3) is 5.89 Å². The number of nitrogens with one attached hydrogen (secondary N) is 1. The smallest absolute Gasteiger partial charge is 0.315 e. The van der Waals surface area contributed by atoms with Gasteiger partial charge in [0.15, 0.2) is 0 Å². The number of anilines is 1. The average Bonchev–Trinajstić information content (AvgIpc) is 2.80. The van der Waals surface area contributed by atoms with Crippen molar-refractivity contribution in [2.24, 2.45) is 0 Å². The molecule has 0 atom stereocenters. The Bertz CT molecular complexity index is 581. The molecule has 1 aromatic carbocycles. The molecular formula is C13H15F2N3O. The first kappa shape index (κ1) is 13.5. The van der Waals surface area contributed by atoms with Gasteiger partial charge in [0.2, 0.25) is 0 Å². The molecule has 2 rings (SSSR count). The maximum atomic E-state index is 14.0. The first-order valence-corrected chi connectivity index (χ1v) is 6.09. The monoisotopic (exact) mass is 267 g/mol. The number of nitrogens with zero attached hydrogens (tertiary/aromatic N) is 2. The molecule has 0 saturated carbocycles. The van der Waals surface area contributed by atoms with Gasteiger partial charge in [0.1, 0.15) is 11.6 Å². The van der Waals surface area contributed by atoms with Gasteiger partial charge in [-0.3, -0.25) is 0 Å². The molecule has 4 nitrogen and oxygen atoms in total. The molecule has 6 heteroatoms. The Balaban J connectivity index is 2.41. The maximum absolute atomic E-state index is 14.0. The predicted molar refractivity (Wildman–Crippen MR) is 67.9 cm³/mol. The second kappa shape index (κ2) is 5.34. The minimum atomic E-state index is -0.572. The van der Waals surface area contributed by atoms with Gasteiger partial charge in [0.05, 0.1) is 5.56 Å². The molecule has 1 heterocycles. The van der Waals surface area contributed by atoms with Crippen LogP contribution in [0.3, 0.4) is 0 Å². The van der Waals surface area contributed by atoms with Crippen LogP contribution in [0.15, 0.2) is 16.5 Å². The SMILES string of the molecule is CCNc1nnc(-c2cc(F)c(C(C)C)cc2F)o1. The van der Waals surface area contributed by atoms with Crippen molar-refractivity contribution in [2.75, 3.05) is 11.9 Å². The Labute approximate surface area is 109 Å². The van der Waals surface area contributed by atoms with Crippen molar-refractivity contribution in [1.29, 1.82) is 0 Å². The Morgan fingerprint density at radius 2 is 1.95 bits per heavy atom. The molecule has 19 heavy (non-hydrogen) atoms. The Morgan fingerprint density at radius 1 is 1.21 bits per heavy atom. The van der Waals surface area contributed by atoms with E-state index in [1.807, 2.05) is 6.92 Å². The maximum Gasteiger partial charge on any atom is 0.315 e. The van der Waals surface area contributed by atoms with Gasteiger partial charge < -0.3 is 9.73 Å². The molecule has 0 spiro atoms. The van der Waals surface area contributed by atoms with Crippen molar-refractivity contribution in [3.8, 4) is 11.5 Å². The van der Waals surface area contributed by atoms with Crippen LogP contribution in [0.1, 0.15) is 32.3 Å². The molecule has 0 saturated heterocycles. The highest BCUT2D eigenvalue weighted by Crippen LogP contribution is 2.28. The van der Waals surface area contributed by atoms with E-state index in [2.05, 4.69) is 15.5 Å². The van der Waals surface area contributed by atoms with Crippen LogP contribution in [0, 0.1) is 11.6 Å². The molecule has 0 unspecified atom stereocenters. The first-order chi connectivity index (χ1) is 9.02. The van der Waals surface area contributed by atoms with Gasteiger partial charge in [0, 0.05) is 6.54 Å². The minimum Gasteiger partial charge on any atom is -0.403 e. The van der Waals surface area contributed by atoms with E-state index >= 15 is 0 Å². The second-order valence-corrected chi connectivity index (χ2v) is 4.45. The summed E-state index contributed by atoms with van der Waals surface area (Å²) in [7, 11) is 0. The normalized spacial score (nSPS) is 11.1. The topological polar surface area (TPSA) is 51.0 Å². The molecule has 0 aliphatic heterocycles. The summed E-state index contributed by atoms with van der Waals surface area (Å²) in [6.07, 6.45) is 0. The molecule has 0 aliphatic carbocycles. The largest absolute Gasteiger partial charge is 0.403 e. The summed E-state index contributed by atoms with van der Waals surface area (Å²) in [6, 6.07) is 2.45. The van der Waals surface area contributed by atoms with Crippen molar-refractivity contribution >= 4 is 6.01 Å². The van der Waals surface area contributed by atoms with Gasteiger partial charge in [-0.15, -0.1) is 5.10 Å². The van der Waals surface area contributed by atoms with Crippen molar-refractivity contribution in [3.63, 3.8) is 0 Å². The Morgan fingerprint density at radius 3 is 2.58 bits per heavy atom. The zero-order valence-corrected chi connectivity index (χ0v) is 11.0. The Kier molecular flexibility index (Phi) is 3.78. The van der Waals surface area contributed by atoms with Crippen molar-refractivity contribution in [2.45, 2.75) is 26.7 Å². The summed E-state index contributed by atoms with van der Waals surface area (Å²) in [4.78, 5) is 0. The van der Waals surface area contributed by atoms with Crippen LogP contribution < -0.4 is 5.32 Å². The highest BCUT2D eigenvalue weighted by Gasteiger charge is 2.17. The highest BCUT2D eigenvalue weighted by molar-refractivity contribution is 5.55. The van der Waals surface area contributed by atoms with Gasteiger partial charge >= 0.3 is 6.01 Å². The second-order valence-electron chi connectivity index (χ2n) is 4.45. The van der Waals surface area contributed by atoms with E-state index in [0.717, 1.165) is 6.07 Å². The van der Waals surface area contributed by atoms with E-state index < -0.39 is 11.6 Å². The van der Waals surface area contributed by atoms with Crippen LogP contribution >= 0.6 is 0 Å². The average molecular weight is 267 g/mol. The highest BCUT2D eigenvalue weighted by atomic mass is 19.1. The molecule has 1 aromatic heterocycles. The molecule has 0 amide bonds. The van der Waals surface area contributed by atoms with E-state index in [4.69, 9.17) is 4.42 Å². The standard InChI is InChI=1S/C13H15F2N3O/c1-4-16-13-18-17-12(19-13)9-6-10(14)8(7(2)3)5-11(9)15/h5-7H,4H2,1-3H3,(H,16,18). The summed E-state index contributed by atoms with van der Waals surface area (Å²) in [6.45, 7) is 6.06. The molecule has 102 valence electrons. The van der Waals surface area contributed by atoms with E-state index in [1.165, 1.54) is 6.07 Å². The number of hydrogen-bond acceptors (Lipinski definition) is 4. The summed E-state index contributed by atoms with van der Waals surface area (Å²) >= 11 is 0. The van der Waals surface area contributed by atoms with E-state index in [1.54, 1.807) is 13.8 Å². The lowest BCUT2D eigenvalue weighted by Crippen LogP contribution is -1.97. The molecule has 0 radical (unpaired) electrons. The number of halogens is 2. The molecule has 2 aromatic rings. The van der Waals surface area contributed by atoms with Crippen LogP contribution in [0.2, 0.25) is 0 Å². The Hall–Kier alpha value is -1.98. The van der Waals surface area contributed by atoms with Crippen molar-refractivity contribution in [3.05, 3.63) is 29.3 Å². The van der Waals surface area contributed by atoms with Crippen LogP contribution in [0.25, 0.3) is 11.5 Å². The lowest BCUT2D eigenvalue weighted by molar-refractivity contribution is 0.555. The number of rotatable bonds is 4. The summed E-state index contributed by atoms with van der Waals surface area (Å²) in [5, 5.41) is 10.2. The summed E-state index contributed by atoms with van der Waals surface area (Å²) < 4.78 is 33.0. The van der Waals surface area contributed by atoms with Crippen LogP contribution in [0.4, 0.5) is 14.8 Å². The van der Waals surface area contributed by atoms with E-state index in [-0.39, 0.29) is 23.4 Å². The van der Waals surface area contributed by atoms with Gasteiger partial charge in [-0.25, -0.2) is 8.78 Å². The molecule has 0 aliphatic rings. The zero-order chi connectivity index (χ0) is 14.0. The third kappa shape index (κ3) is 2.72. The number of hydrogen-bond donors (Lipinski definition) is 1. The van der Waals surface area contributed by atoms with E-state index in [9.17, 15) is 8.78 Å². The number of aromatic nitrogens is 2. The lowest BCUT2D eigenvalue weighted by atomic mass is 10.0. The lowest BCUT2D eigenvalue weighted by Gasteiger charge is -2.08. The van der Waals surface area contributed by atoms with Crippen LogP contribution in [-0.2, 0) is 0 Å². The third-order valence-corrected chi connectivity index (χ3v) is 2.69. The summed E-state index contributed by atoms with van der Waals surface area (Å²) in [5.74, 6) is -1.18. The third-order valence-electron chi connectivity index (χ3n) is 2.69. The van der Waals surface area contributed by atoms with Gasteiger partial charge in [-0.05, 0) is 30.5 Å².